The van der Waals surface area contributed by atoms with Crippen LogP contribution >= 0.6 is 0 Å². The number of rotatable bonds is 6. The van der Waals surface area contributed by atoms with Gasteiger partial charge in [0.2, 0.25) is 0 Å². The molecule has 3 rings (SSSR count). The Bertz CT molecular complexity index is 911. The predicted molar refractivity (Wildman–Crippen MR) is 109 cm³/mol. The number of anilines is 1. The average molecular weight is 419 g/mol. The van der Waals surface area contributed by atoms with Gasteiger partial charge in [0.05, 0.1) is 19.3 Å². The standard InChI is InChI=1S/C21H29N3O6/c1-21(2,3)17(12-7-5-4-6-8-12)29-11-13-9-24(20(28)23-18(13)22)19-16(27)15(26)14(10-25)30-19/h4-9,14-17,19,25-27H,10-11H2,1-3H3,(H2,22,23,28)/t14-,15-,16-,17?,19?/m1/s1. The summed E-state index contributed by atoms with van der Waals surface area (Å²) in [4.78, 5) is 16.2. The molecule has 0 amide bonds. The first kappa shape index (κ1) is 22.4. The molecule has 0 radical (unpaired) electrons. The Kier molecular flexibility index (Phi) is 6.59. The highest BCUT2D eigenvalue weighted by Crippen LogP contribution is 2.37. The summed E-state index contributed by atoms with van der Waals surface area (Å²) in [5.74, 6) is 0.0173. The highest BCUT2D eigenvalue weighted by atomic mass is 16.6. The maximum absolute atomic E-state index is 12.3. The molecule has 1 aromatic heterocycles. The summed E-state index contributed by atoms with van der Waals surface area (Å²) in [6, 6.07) is 9.78. The van der Waals surface area contributed by atoms with Gasteiger partial charge in [-0.05, 0) is 11.0 Å². The van der Waals surface area contributed by atoms with E-state index in [1.807, 2.05) is 30.3 Å². The molecule has 1 aliphatic rings. The molecular weight excluding hydrogens is 390 g/mol. The Morgan fingerprint density at radius 1 is 1.23 bits per heavy atom. The zero-order valence-corrected chi connectivity index (χ0v) is 17.3. The zero-order chi connectivity index (χ0) is 22.1. The van der Waals surface area contributed by atoms with Crippen molar-refractivity contribution in [2.75, 3.05) is 12.3 Å². The van der Waals surface area contributed by atoms with Crippen LogP contribution < -0.4 is 11.4 Å². The van der Waals surface area contributed by atoms with Crippen molar-refractivity contribution in [3.05, 3.63) is 58.1 Å². The maximum atomic E-state index is 12.3. The van der Waals surface area contributed by atoms with Crippen LogP contribution in [-0.4, -0.2) is 49.8 Å². The predicted octanol–water partition coefficient (Wildman–Crippen LogP) is 0.741. The number of nitrogens with two attached hydrogens (primary N) is 1. The van der Waals surface area contributed by atoms with Crippen molar-refractivity contribution in [2.45, 2.75) is 58.0 Å². The van der Waals surface area contributed by atoms with Crippen LogP contribution in [0.15, 0.2) is 41.3 Å². The van der Waals surface area contributed by atoms with Crippen LogP contribution in [-0.2, 0) is 16.1 Å². The van der Waals surface area contributed by atoms with Crippen molar-refractivity contribution in [2.24, 2.45) is 5.41 Å². The van der Waals surface area contributed by atoms with Crippen LogP contribution in [0.4, 0.5) is 5.82 Å². The van der Waals surface area contributed by atoms with Crippen LogP contribution in [0.25, 0.3) is 0 Å². The van der Waals surface area contributed by atoms with Crippen LogP contribution in [0.2, 0.25) is 0 Å². The number of ether oxygens (including phenoxy) is 2. The van der Waals surface area contributed by atoms with Gasteiger partial charge in [0.1, 0.15) is 24.1 Å². The normalized spacial score (nSPS) is 25.4. The number of hydrogen-bond donors (Lipinski definition) is 4. The summed E-state index contributed by atoms with van der Waals surface area (Å²) >= 11 is 0. The average Bonchev–Trinajstić information content (AvgIpc) is 2.97. The smallest absolute Gasteiger partial charge is 0.351 e. The van der Waals surface area contributed by atoms with Crippen molar-refractivity contribution in [1.29, 1.82) is 0 Å². The lowest BCUT2D eigenvalue weighted by molar-refractivity contribution is -0.0559. The highest BCUT2D eigenvalue weighted by molar-refractivity contribution is 5.36. The van der Waals surface area contributed by atoms with Crippen molar-refractivity contribution < 1.29 is 24.8 Å². The molecule has 2 unspecified atom stereocenters. The van der Waals surface area contributed by atoms with E-state index in [1.165, 1.54) is 6.20 Å². The summed E-state index contributed by atoms with van der Waals surface area (Å²) in [7, 11) is 0. The zero-order valence-electron chi connectivity index (χ0n) is 17.3. The highest BCUT2D eigenvalue weighted by Gasteiger charge is 2.44. The number of benzene rings is 1. The van der Waals surface area contributed by atoms with Gasteiger partial charge in [0.25, 0.3) is 0 Å². The first-order chi connectivity index (χ1) is 14.1. The molecule has 1 aliphatic heterocycles. The van der Waals surface area contributed by atoms with Gasteiger partial charge >= 0.3 is 5.69 Å². The van der Waals surface area contributed by atoms with E-state index in [0.29, 0.717) is 5.56 Å². The Labute approximate surface area is 174 Å². The van der Waals surface area contributed by atoms with Crippen LogP contribution in [0.3, 0.4) is 0 Å². The first-order valence-corrected chi connectivity index (χ1v) is 9.80. The quantitative estimate of drug-likeness (QED) is 0.537. The molecule has 0 bridgehead atoms. The third-order valence-electron chi connectivity index (χ3n) is 5.15. The fourth-order valence-electron chi connectivity index (χ4n) is 3.57. The minimum absolute atomic E-state index is 0.0173. The fourth-order valence-corrected chi connectivity index (χ4v) is 3.57. The molecule has 0 spiro atoms. The molecule has 9 heteroatoms. The minimum Gasteiger partial charge on any atom is -0.394 e. The van der Waals surface area contributed by atoms with Gasteiger partial charge in [-0.15, -0.1) is 0 Å². The first-order valence-electron chi connectivity index (χ1n) is 9.80. The van der Waals surface area contributed by atoms with Gasteiger partial charge < -0.3 is 30.5 Å². The lowest BCUT2D eigenvalue weighted by Gasteiger charge is -2.31. The molecule has 5 atom stereocenters. The number of aliphatic hydroxyl groups is 3. The van der Waals surface area contributed by atoms with Gasteiger partial charge in [0.15, 0.2) is 6.23 Å². The van der Waals surface area contributed by atoms with E-state index in [0.717, 1.165) is 10.1 Å². The second kappa shape index (κ2) is 8.83. The van der Waals surface area contributed by atoms with E-state index in [9.17, 15) is 20.1 Å². The van der Waals surface area contributed by atoms with E-state index in [2.05, 4.69) is 25.8 Å². The minimum atomic E-state index is -1.40. The Morgan fingerprint density at radius 2 is 1.90 bits per heavy atom. The molecule has 2 heterocycles. The van der Waals surface area contributed by atoms with Crippen molar-refractivity contribution in [3.63, 3.8) is 0 Å². The summed E-state index contributed by atoms with van der Waals surface area (Å²) in [5, 5.41) is 29.5. The fraction of sp³-hybridized carbons (Fsp3) is 0.524. The second-order valence-corrected chi connectivity index (χ2v) is 8.54. The van der Waals surface area contributed by atoms with E-state index in [4.69, 9.17) is 15.2 Å². The van der Waals surface area contributed by atoms with Gasteiger partial charge in [-0.2, -0.15) is 4.98 Å². The number of hydrogen-bond acceptors (Lipinski definition) is 8. The molecule has 164 valence electrons. The van der Waals surface area contributed by atoms with Crippen LogP contribution in [0, 0.1) is 5.41 Å². The van der Waals surface area contributed by atoms with Crippen LogP contribution in [0.5, 0.6) is 0 Å². The van der Waals surface area contributed by atoms with E-state index >= 15 is 0 Å². The summed E-state index contributed by atoms with van der Waals surface area (Å²) in [6.07, 6.45) is -3.75. The lowest BCUT2D eigenvalue weighted by atomic mass is 9.84. The van der Waals surface area contributed by atoms with Gasteiger partial charge in [-0.3, -0.25) is 4.57 Å². The molecule has 1 saturated heterocycles. The number of aliphatic hydroxyl groups excluding tert-OH is 3. The number of nitrogen functional groups attached to an aromatic ring is 1. The molecular formula is C21H29N3O6. The van der Waals surface area contributed by atoms with Crippen LogP contribution in [0.1, 0.15) is 44.2 Å². The Hall–Kier alpha value is -2.30. The van der Waals surface area contributed by atoms with Crippen molar-refractivity contribution in [1.82, 2.24) is 9.55 Å². The maximum Gasteiger partial charge on any atom is 0.351 e. The molecule has 1 fully saturated rings. The van der Waals surface area contributed by atoms with E-state index in [1.54, 1.807) is 0 Å². The molecule has 30 heavy (non-hydrogen) atoms. The largest absolute Gasteiger partial charge is 0.394 e. The number of aromatic nitrogens is 2. The molecule has 0 aliphatic carbocycles. The lowest BCUT2D eigenvalue weighted by Crippen LogP contribution is -2.36. The molecule has 0 saturated carbocycles. The topological polar surface area (TPSA) is 140 Å². The summed E-state index contributed by atoms with van der Waals surface area (Å²) < 4.78 is 12.7. The van der Waals surface area contributed by atoms with E-state index < -0.39 is 36.8 Å². The molecule has 2 aromatic rings. The van der Waals surface area contributed by atoms with E-state index in [-0.39, 0.29) is 23.9 Å². The van der Waals surface area contributed by atoms with Crippen molar-refractivity contribution >= 4 is 5.82 Å². The Morgan fingerprint density at radius 3 is 2.47 bits per heavy atom. The number of nitrogens with zero attached hydrogens (tertiary/aromatic N) is 2. The molecule has 5 N–H and O–H groups in total. The SMILES string of the molecule is CC(C)(C)C(OCc1cn(C2O[C@H](CO)[C@@H](O)[C@H]2O)c(=O)nc1N)c1ccccc1. The monoisotopic (exact) mass is 419 g/mol. The van der Waals surface area contributed by atoms with Crippen molar-refractivity contribution in [3.8, 4) is 0 Å². The molecule has 1 aromatic carbocycles. The Balaban J connectivity index is 1.86. The second-order valence-electron chi connectivity index (χ2n) is 8.54. The molecule has 9 nitrogen and oxygen atoms in total. The van der Waals surface area contributed by atoms with Gasteiger partial charge in [-0.1, -0.05) is 51.1 Å². The third-order valence-corrected chi connectivity index (χ3v) is 5.15. The van der Waals surface area contributed by atoms with Gasteiger partial charge in [0, 0.05) is 11.8 Å². The third kappa shape index (κ3) is 4.55. The summed E-state index contributed by atoms with van der Waals surface area (Å²) in [6.45, 7) is 5.77. The summed E-state index contributed by atoms with van der Waals surface area (Å²) in [5.41, 5.74) is 6.45. The van der Waals surface area contributed by atoms with Gasteiger partial charge in [-0.25, -0.2) is 4.79 Å².